The van der Waals surface area contributed by atoms with Gasteiger partial charge in [0.2, 0.25) is 0 Å². The zero-order valence-corrected chi connectivity index (χ0v) is 12.8. The molecule has 23 heavy (non-hydrogen) atoms. The van der Waals surface area contributed by atoms with Gasteiger partial charge < -0.3 is 15.3 Å². The molecule has 2 aromatic rings. The van der Waals surface area contributed by atoms with Crippen molar-refractivity contribution < 1.29 is 20.1 Å². The lowest BCUT2D eigenvalue weighted by molar-refractivity contribution is -0.143. The third kappa shape index (κ3) is 2.89. The molecule has 3 rings (SSSR count). The van der Waals surface area contributed by atoms with E-state index in [1.54, 1.807) is 24.3 Å². The van der Waals surface area contributed by atoms with Crippen LogP contribution in [0.5, 0.6) is 11.5 Å². The second-order valence-corrected chi connectivity index (χ2v) is 6.31. The van der Waals surface area contributed by atoms with Gasteiger partial charge in [0, 0.05) is 5.41 Å². The summed E-state index contributed by atoms with van der Waals surface area (Å²) < 4.78 is 0. The van der Waals surface area contributed by atoms with Crippen LogP contribution in [0.4, 0.5) is 0 Å². The molecule has 0 radical (unpaired) electrons. The second kappa shape index (κ2) is 5.95. The van der Waals surface area contributed by atoms with Crippen molar-refractivity contribution in [2.75, 3.05) is 0 Å². The number of rotatable bonds is 3. The fraction of sp³-hybridized carbons (Fsp3) is 0.316. The number of carbonyl (C=O) groups is 1. The van der Waals surface area contributed by atoms with Crippen LogP contribution in [0.2, 0.25) is 0 Å². The summed E-state index contributed by atoms with van der Waals surface area (Å²) in [7, 11) is 0. The largest absolute Gasteiger partial charge is 0.508 e. The first kappa shape index (κ1) is 15.4. The van der Waals surface area contributed by atoms with E-state index in [2.05, 4.69) is 0 Å². The normalized spacial score (nSPS) is 20.1. The fourth-order valence-corrected chi connectivity index (χ4v) is 3.74. The van der Waals surface area contributed by atoms with E-state index in [0.717, 1.165) is 24.0 Å². The van der Waals surface area contributed by atoms with E-state index < -0.39 is 11.4 Å². The maximum atomic E-state index is 11.5. The molecule has 4 heteroatoms. The minimum Gasteiger partial charge on any atom is -0.508 e. The van der Waals surface area contributed by atoms with Crippen molar-refractivity contribution in [1.82, 2.24) is 0 Å². The molecule has 3 N–H and O–H groups in total. The molecule has 0 bridgehead atoms. The van der Waals surface area contributed by atoms with Gasteiger partial charge in [0.25, 0.3) is 0 Å². The van der Waals surface area contributed by atoms with Gasteiger partial charge in [0.15, 0.2) is 0 Å². The zero-order chi connectivity index (χ0) is 16.4. The molecule has 0 saturated heterocycles. The molecule has 120 valence electrons. The van der Waals surface area contributed by atoms with Crippen molar-refractivity contribution in [2.24, 2.45) is 5.92 Å². The van der Waals surface area contributed by atoms with E-state index in [-0.39, 0.29) is 17.4 Å². The Morgan fingerprint density at radius 3 is 1.83 bits per heavy atom. The smallest absolute Gasteiger partial charge is 0.306 e. The Hall–Kier alpha value is -2.49. The number of aromatic hydroxyl groups is 2. The van der Waals surface area contributed by atoms with Gasteiger partial charge in [-0.3, -0.25) is 4.79 Å². The summed E-state index contributed by atoms with van der Waals surface area (Å²) >= 11 is 0. The van der Waals surface area contributed by atoms with E-state index in [1.807, 2.05) is 24.3 Å². The highest BCUT2D eigenvalue weighted by atomic mass is 16.4. The van der Waals surface area contributed by atoms with E-state index in [0.29, 0.717) is 12.8 Å². The minimum atomic E-state index is -0.758. The van der Waals surface area contributed by atoms with Gasteiger partial charge in [-0.25, -0.2) is 0 Å². The lowest BCUT2D eigenvalue weighted by atomic mass is 9.62. The molecule has 0 spiro atoms. The summed E-state index contributed by atoms with van der Waals surface area (Å²) in [6.07, 6.45) is 2.90. The lowest BCUT2D eigenvalue weighted by Gasteiger charge is -2.41. The fourth-order valence-electron chi connectivity index (χ4n) is 3.74. The molecule has 4 nitrogen and oxygen atoms in total. The molecule has 2 aromatic carbocycles. The first-order chi connectivity index (χ1) is 11.0. The number of phenolic OH excluding ortho intramolecular Hbond substituents is 2. The highest BCUT2D eigenvalue weighted by Gasteiger charge is 2.41. The van der Waals surface area contributed by atoms with Crippen molar-refractivity contribution in [3.8, 4) is 11.5 Å². The Labute approximate surface area is 135 Å². The van der Waals surface area contributed by atoms with E-state index in [9.17, 15) is 20.1 Å². The van der Waals surface area contributed by atoms with Gasteiger partial charge >= 0.3 is 5.97 Å². The second-order valence-electron chi connectivity index (χ2n) is 6.31. The van der Waals surface area contributed by atoms with Gasteiger partial charge in [0.05, 0.1) is 5.92 Å². The summed E-state index contributed by atoms with van der Waals surface area (Å²) in [5, 5.41) is 28.6. The monoisotopic (exact) mass is 312 g/mol. The molecule has 1 unspecified atom stereocenters. The van der Waals surface area contributed by atoms with Gasteiger partial charge in [-0.05, 0) is 54.7 Å². The molecule has 1 fully saturated rings. The van der Waals surface area contributed by atoms with Crippen LogP contribution < -0.4 is 0 Å². The number of carboxylic acids is 1. The Balaban J connectivity index is 2.10. The van der Waals surface area contributed by atoms with Crippen LogP contribution in [0, 0.1) is 5.92 Å². The van der Waals surface area contributed by atoms with Crippen LogP contribution in [0.25, 0.3) is 0 Å². The predicted molar refractivity (Wildman–Crippen MR) is 86.6 cm³/mol. The van der Waals surface area contributed by atoms with Crippen LogP contribution in [-0.2, 0) is 10.2 Å². The van der Waals surface area contributed by atoms with Gasteiger partial charge in [0.1, 0.15) is 11.5 Å². The molecular weight excluding hydrogens is 292 g/mol. The molecular formula is C19H20O4. The molecule has 1 atom stereocenters. The van der Waals surface area contributed by atoms with Gasteiger partial charge in [-0.2, -0.15) is 0 Å². The first-order valence-corrected chi connectivity index (χ1v) is 7.83. The molecule has 1 aliphatic rings. The SMILES string of the molecule is O=C(O)C1CCCC(c2ccc(O)cc2)(c2ccc(O)cc2)C1. The number of carboxylic acid groups (broad SMARTS) is 1. The average molecular weight is 312 g/mol. The molecule has 1 aliphatic carbocycles. The Kier molecular flexibility index (Phi) is 3.99. The standard InChI is InChI=1S/C19H20O4/c20-16-7-3-14(4-8-16)19(15-5-9-17(21)10-6-15)11-1-2-13(12-19)18(22)23/h3-10,13,20-21H,1-2,11-12H2,(H,22,23). The molecule has 0 aliphatic heterocycles. The number of phenols is 2. The van der Waals surface area contributed by atoms with Crippen LogP contribution in [0.3, 0.4) is 0 Å². The maximum absolute atomic E-state index is 11.5. The van der Waals surface area contributed by atoms with Crippen molar-refractivity contribution >= 4 is 5.97 Å². The average Bonchev–Trinajstić information content (AvgIpc) is 2.56. The van der Waals surface area contributed by atoms with Crippen LogP contribution in [0.15, 0.2) is 48.5 Å². The predicted octanol–water partition coefficient (Wildman–Crippen LogP) is 3.66. The lowest BCUT2D eigenvalue weighted by Crippen LogP contribution is -2.36. The first-order valence-electron chi connectivity index (χ1n) is 7.83. The van der Waals surface area contributed by atoms with Crippen molar-refractivity contribution in [3.05, 3.63) is 59.7 Å². The summed E-state index contributed by atoms with van der Waals surface area (Å²) in [5.74, 6) is -0.751. The van der Waals surface area contributed by atoms with Crippen LogP contribution in [0.1, 0.15) is 36.8 Å². The molecule has 0 heterocycles. The van der Waals surface area contributed by atoms with E-state index in [1.165, 1.54) is 0 Å². The molecule has 1 saturated carbocycles. The highest BCUT2D eigenvalue weighted by Crippen LogP contribution is 2.47. The summed E-state index contributed by atoms with van der Waals surface area (Å²) in [6.45, 7) is 0. The Morgan fingerprint density at radius 2 is 1.39 bits per heavy atom. The third-order valence-electron chi connectivity index (χ3n) is 4.94. The number of hydrogen-bond acceptors (Lipinski definition) is 3. The number of benzene rings is 2. The van der Waals surface area contributed by atoms with Crippen LogP contribution in [-0.4, -0.2) is 21.3 Å². The topological polar surface area (TPSA) is 77.8 Å². The third-order valence-corrected chi connectivity index (χ3v) is 4.94. The van der Waals surface area contributed by atoms with Crippen molar-refractivity contribution in [2.45, 2.75) is 31.1 Å². The zero-order valence-electron chi connectivity index (χ0n) is 12.8. The molecule has 0 amide bonds. The highest BCUT2D eigenvalue weighted by molar-refractivity contribution is 5.70. The molecule has 0 aromatic heterocycles. The minimum absolute atomic E-state index is 0.195. The summed E-state index contributed by atoms with van der Waals surface area (Å²) in [4.78, 5) is 11.5. The van der Waals surface area contributed by atoms with Crippen molar-refractivity contribution in [1.29, 1.82) is 0 Å². The van der Waals surface area contributed by atoms with E-state index >= 15 is 0 Å². The summed E-state index contributed by atoms with van der Waals surface area (Å²) in [6, 6.07) is 14.0. The van der Waals surface area contributed by atoms with Crippen molar-refractivity contribution in [3.63, 3.8) is 0 Å². The van der Waals surface area contributed by atoms with Gasteiger partial charge in [-0.1, -0.05) is 30.7 Å². The Bertz CT molecular complexity index is 643. The summed E-state index contributed by atoms with van der Waals surface area (Å²) in [5.41, 5.74) is 1.61. The maximum Gasteiger partial charge on any atom is 0.306 e. The number of aliphatic carboxylic acids is 1. The van der Waals surface area contributed by atoms with Gasteiger partial charge in [-0.15, -0.1) is 0 Å². The van der Waals surface area contributed by atoms with Crippen LogP contribution >= 0.6 is 0 Å². The number of hydrogen-bond donors (Lipinski definition) is 3. The quantitative estimate of drug-likeness (QED) is 0.808. The Morgan fingerprint density at radius 1 is 0.913 bits per heavy atom. The van der Waals surface area contributed by atoms with E-state index in [4.69, 9.17) is 0 Å².